The lowest BCUT2D eigenvalue weighted by Crippen LogP contribution is -2.23. The molecule has 0 radical (unpaired) electrons. The molecule has 0 heterocycles. The average molecular weight is 222 g/mol. The molecule has 0 amide bonds. The summed E-state index contributed by atoms with van der Waals surface area (Å²) in [6.07, 6.45) is 0. The lowest BCUT2D eigenvalue weighted by molar-refractivity contribution is 0.676. The molecule has 0 saturated carbocycles. The predicted octanol–water partition coefficient (Wildman–Crippen LogP) is 1.15. The van der Waals surface area contributed by atoms with Gasteiger partial charge >= 0.3 is 0 Å². The topological polar surface area (TPSA) is 66.9 Å². The SMILES string of the molecule is CC(N)CS(=O)Cc1ccc(C#N)cc1. The van der Waals surface area contributed by atoms with E-state index in [1.165, 1.54) is 0 Å². The van der Waals surface area contributed by atoms with Crippen LogP contribution in [0.3, 0.4) is 0 Å². The summed E-state index contributed by atoms with van der Waals surface area (Å²) in [6, 6.07) is 9.14. The Labute approximate surface area is 92.4 Å². The van der Waals surface area contributed by atoms with Gasteiger partial charge in [0, 0.05) is 28.3 Å². The number of nitriles is 1. The van der Waals surface area contributed by atoms with Crippen LogP contribution < -0.4 is 5.73 Å². The summed E-state index contributed by atoms with van der Waals surface area (Å²) in [5.74, 6) is 1.02. The molecule has 1 aromatic carbocycles. The summed E-state index contributed by atoms with van der Waals surface area (Å²) in [5.41, 5.74) is 7.16. The van der Waals surface area contributed by atoms with Crippen LogP contribution in [0.15, 0.2) is 24.3 Å². The molecule has 0 fully saturated rings. The van der Waals surface area contributed by atoms with Crippen molar-refractivity contribution < 1.29 is 4.21 Å². The van der Waals surface area contributed by atoms with Crippen molar-refractivity contribution in [2.45, 2.75) is 18.7 Å². The zero-order chi connectivity index (χ0) is 11.3. The molecule has 2 unspecified atom stereocenters. The van der Waals surface area contributed by atoms with Crippen molar-refractivity contribution in [2.24, 2.45) is 5.73 Å². The number of benzene rings is 1. The van der Waals surface area contributed by atoms with Gasteiger partial charge in [-0.1, -0.05) is 12.1 Å². The van der Waals surface area contributed by atoms with E-state index in [-0.39, 0.29) is 6.04 Å². The Kier molecular flexibility index (Phi) is 4.47. The van der Waals surface area contributed by atoms with E-state index < -0.39 is 10.8 Å². The second-order valence-electron chi connectivity index (χ2n) is 3.54. The standard InChI is InChI=1S/C11H14N2OS/c1-9(13)7-15(14)8-11-4-2-10(6-12)3-5-11/h2-5,9H,7-8,13H2,1H3. The lowest BCUT2D eigenvalue weighted by Gasteiger charge is -2.05. The van der Waals surface area contributed by atoms with Crippen molar-refractivity contribution in [3.05, 3.63) is 35.4 Å². The molecule has 2 atom stereocenters. The van der Waals surface area contributed by atoms with Gasteiger partial charge in [-0.05, 0) is 24.6 Å². The van der Waals surface area contributed by atoms with Gasteiger partial charge in [0.05, 0.1) is 11.6 Å². The largest absolute Gasteiger partial charge is 0.327 e. The van der Waals surface area contributed by atoms with Gasteiger partial charge in [0.25, 0.3) is 0 Å². The maximum atomic E-state index is 11.5. The molecule has 3 nitrogen and oxygen atoms in total. The minimum Gasteiger partial charge on any atom is -0.327 e. The Morgan fingerprint density at radius 3 is 2.53 bits per heavy atom. The van der Waals surface area contributed by atoms with Crippen LogP contribution in [0.4, 0.5) is 0 Å². The normalized spacial score (nSPS) is 14.2. The summed E-state index contributed by atoms with van der Waals surface area (Å²) < 4.78 is 11.5. The predicted molar refractivity (Wildman–Crippen MR) is 61.5 cm³/mol. The smallest absolute Gasteiger partial charge is 0.0991 e. The molecule has 15 heavy (non-hydrogen) atoms. The van der Waals surface area contributed by atoms with Crippen LogP contribution in [0.1, 0.15) is 18.1 Å². The Balaban J connectivity index is 2.58. The third-order valence-electron chi connectivity index (χ3n) is 1.86. The Morgan fingerprint density at radius 2 is 2.07 bits per heavy atom. The molecular formula is C11H14N2OS. The second-order valence-corrected chi connectivity index (χ2v) is 5.04. The highest BCUT2D eigenvalue weighted by Gasteiger charge is 2.04. The molecule has 0 spiro atoms. The zero-order valence-electron chi connectivity index (χ0n) is 8.64. The molecule has 0 bridgehead atoms. The van der Waals surface area contributed by atoms with Gasteiger partial charge in [0.2, 0.25) is 0 Å². The summed E-state index contributed by atoms with van der Waals surface area (Å²) in [4.78, 5) is 0. The van der Waals surface area contributed by atoms with Crippen molar-refractivity contribution in [3.63, 3.8) is 0 Å². The molecule has 4 heteroatoms. The van der Waals surface area contributed by atoms with E-state index in [1.807, 2.05) is 25.1 Å². The molecule has 1 aromatic rings. The Bertz CT molecular complexity index is 379. The summed E-state index contributed by atoms with van der Waals surface area (Å²) in [5, 5.41) is 8.60. The number of hydrogen-bond acceptors (Lipinski definition) is 3. The van der Waals surface area contributed by atoms with Gasteiger partial charge < -0.3 is 5.73 Å². The van der Waals surface area contributed by atoms with Gasteiger partial charge in [-0.3, -0.25) is 4.21 Å². The summed E-state index contributed by atoms with van der Waals surface area (Å²) >= 11 is 0. The van der Waals surface area contributed by atoms with Crippen LogP contribution in [-0.2, 0) is 16.6 Å². The number of hydrogen-bond donors (Lipinski definition) is 1. The summed E-state index contributed by atoms with van der Waals surface area (Å²) in [7, 11) is -0.918. The molecule has 1 rings (SSSR count). The lowest BCUT2D eigenvalue weighted by atomic mass is 10.2. The first kappa shape index (κ1) is 11.9. The number of nitrogens with two attached hydrogens (primary N) is 1. The van der Waals surface area contributed by atoms with Crippen molar-refractivity contribution >= 4 is 10.8 Å². The van der Waals surface area contributed by atoms with E-state index in [2.05, 4.69) is 0 Å². The quantitative estimate of drug-likeness (QED) is 0.831. The van der Waals surface area contributed by atoms with Crippen LogP contribution in [0.25, 0.3) is 0 Å². The third-order valence-corrected chi connectivity index (χ3v) is 3.41. The van der Waals surface area contributed by atoms with E-state index in [0.717, 1.165) is 5.56 Å². The molecule has 0 aliphatic rings. The molecule has 0 aliphatic heterocycles. The third kappa shape index (κ3) is 4.24. The van der Waals surface area contributed by atoms with Gasteiger partial charge in [0.15, 0.2) is 0 Å². The van der Waals surface area contributed by atoms with E-state index in [9.17, 15) is 4.21 Å². The first-order valence-electron chi connectivity index (χ1n) is 4.71. The molecule has 0 aromatic heterocycles. The van der Waals surface area contributed by atoms with Crippen molar-refractivity contribution in [2.75, 3.05) is 5.75 Å². The number of rotatable bonds is 4. The van der Waals surface area contributed by atoms with Crippen LogP contribution in [0.2, 0.25) is 0 Å². The van der Waals surface area contributed by atoms with Crippen molar-refractivity contribution in [1.29, 1.82) is 5.26 Å². The molecular weight excluding hydrogens is 208 g/mol. The van der Waals surface area contributed by atoms with E-state index in [0.29, 0.717) is 17.1 Å². The van der Waals surface area contributed by atoms with Gasteiger partial charge in [-0.25, -0.2) is 0 Å². The maximum Gasteiger partial charge on any atom is 0.0991 e. The van der Waals surface area contributed by atoms with E-state index >= 15 is 0 Å². The fourth-order valence-electron chi connectivity index (χ4n) is 1.21. The molecule has 0 saturated heterocycles. The monoisotopic (exact) mass is 222 g/mol. The minimum atomic E-state index is -0.918. The first-order valence-corrected chi connectivity index (χ1v) is 6.20. The van der Waals surface area contributed by atoms with Crippen LogP contribution >= 0.6 is 0 Å². The fourth-order valence-corrected chi connectivity index (χ4v) is 2.48. The van der Waals surface area contributed by atoms with Crippen LogP contribution in [-0.4, -0.2) is 16.0 Å². The Morgan fingerprint density at radius 1 is 1.47 bits per heavy atom. The van der Waals surface area contributed by atoms with Crippen LogP contribution in [0, 0.1) is 11.3 Å². The van der Waals surface area contributed by atoms with Crippen molar-refractivity contribution in [3.8, 4) is 6.07 Å². The maximum absolute atomic E-state index is 11.5. The van der Waals surface area contributed by atoms with Crippen molar-refractivity contribution in [1.82, 2.24) is 0 Å². The van der Waals surface area contributed by atoms with E-state index in [4.69, 9.17) is 11.0 Å². The molecule has 0 aliphatic carbocycles. The van der Waals surface area contributed by atoms with Gasteiger partial charge in [-0.15, -0.1) is 0 Å². The highest BCUT2D eigenvalue weighted by Crippen LogP contribution is 2.06. The van der Waals surface area contributed by atoms with Crippen LogP contribution in [0.5, 0.6) is 0 Å². The zero-order valence-corrected chi connectivity index (χ0v) is 9.46. The number of nitrogens with zero attached hydrogens (tertiary/aromatic N) is 1. The average Bonchev–Trinajstić information content (AvgIpc) is 2.17. The summed E-state index contributed by atoms with van der Waals surface area (Å²) in [6.45, 7) is 1.84. The van der Waals surface area contributed by atoms with E-state index in [1.54, 1.807) is 12.1 Å². The molecule has 2 N–H and O–H groups in total. The second kappa shape index (κ2) is 5.64. The molecule has 80 valence electrons. The van der Waals surface area contributed by atoms with Gasteiger partial charge in [0.1, 0.15) is 0 Å². The first-order chi connectivity index (χ1) is 7.11. The highest BCUT2D eigenvalue weighted by atomic mass is 32.2. The highest BCUT2D eigenvalue weighted by molar-refractivity contribution is 7.84. The van der Waals surface area contributed by atoms with Gasteiger partial charge in [-0.2, -0.15) is 5.26 Å². The Hall–Kier alpha value is -1.18. The minimum absolute atomic E-state index is 0.0378. The fraction of sp³-hybridized carbons (Fsp3) is 0.364.